The Morgan fingerprint density at radius 2 is 1.79 bits per heavy atom. The Balaban J connectivity index is 1.60. The van der Waals surface area contributed by atoms with Crippen molar-refractivity contribution < 1.29 is 14.7 Å². The number of rotatable bonds is 2. The maximum Gasteiger partial charge on any atom is 0.306 e. The van der Waals surface area contributed by atoms with Crippen LogP contribution in [0.2, 0.25) is 0 Å². The van der Waals surface area contributed by atoms with Gasteiger partial charge in [-0.3, -0.25) is 9.59 Å². The van der Waals surface area contributed by atoms with Gasteiger partial charge < -0.3 is 10.0 Å². The van der Waals surface area contributed by atoms with E-state index in [0.29, 0.717) is 37.8 Å². The summed E-state index contributed by atoms with van der Waals surface area (Å²) in [5.41, 5.74) is 0. The van der Waals surface area contributed by atoms with Crippen LogP contribution < -0.4 is 0 Å². The van der Waals surface area contributed by atoms with Crippen molar-refractivity contribution in [3.63, 3.8) is 0 Å². The Hall–Kier alpha value is -1.32. The third kappa shape index (κ3) is 2.40. The number of carbonyl (C=O) groups excluding carboxylic acids is 1. The predicted octanol–water partition coefficient (Wildman–Crippen LogP) is 1.91. The van der Waals surface area contributed by atoms with E-state index in [2.05, 4.69) is 12.2 Å². The third-order valence-electron chi connectivity index (χ3n) is 5.05. The minimum atomic E-state index is -0.716. The van der Waals surface area contributed by atoms with Crippen LogP contribution in [0.4, 0.5) is 0 Å². The van der Waals surface area contributed by atoms with Crippen molar-refractivity contribution in [1.82, 2.24) is 4.90 Å². The molecular weight excluding hydrogens is 242 g/mol. The molecule has 0 spiro atoms. The van der Waals surface area contributed by atoms with Gasteiger partial charge in [-0.1, -0.05) is 12.2 Å². The molecule has 1 amide bonds. The van der Waals surface area contributed by atoms with Gasteiger partial charge in [0.25, 0.3) is 0 Å². The molecule has 3 atom stereocenters. The van der Waals surface area contributed by atoms with Gasteiger partial charge in [0.05, 0.1) is 5.92 Å². The van der Waals surface area contributed by atoms with Crippen molar-refractivity contribution in [2.24, 2.45) is 23.7 Å². The Morgan fingerprint density at radius 3 is 2.26 bits per heavy atom. The van der Waals surface area contributed by atoms with Gasteiger partial charge in [0.2, 0.25) is 5.91 Å². The summed E-state index contributed by atoms with van der Waals surface area (Å²) < 4.78 is 0. The number of hydrogen-bond acceptors (Lipinski definition) is 2. The van der Waals surface area contributed by atoms with E-state index in [-0.39, 0.29) is 17.7 Å². The molecule has 3 aliphatic carbocycles. The second kappa shape index (κ2) is 4.99. The lowest BCUT2D eigenvalue weighted by atomic mass is 9.68. The maximum absolute atomic E-state index is 12.6. The average Bonchev–Trinajstić information content (AvgIpc) is 2.47. The number of likely N-dealkylation sites (tertiary alicyclic amines) is 1. The van der Waals surface area contributed by atoms with E-state index in [9.17, 15) is 9.59 Å². The molecule has 0 aromatic rings. The number of amides is 1. The normalized spacial score (nSPS) is 34.5. The first-order chi connectivity index (χ1) is 9.15. The van der Waals surface area contributed by atoms with Crippen molar-refractivity contribution in [3.8, 4) is 0 Å². The van der Waals surface area contributed by atoms with Crippen LogP contribution >= 0.6 is 0 Å². The highest BCUT2D eigenvalue weighted by Gasteiger charge is 2.39. The van der Waals surface area contributed by atoms with Gasteiger partial charge in [0, 0.05) is 19.0 Å². The highest BCUT2D eigenvalue weighted by atomic mass is 16.4. The molecule has 2 bridgehead atoms. The van der Waals surface area contributed by atoms with Crippen molar-refractivity contribution in [2.75, 3.05) is 13.1 Å². The molecule has 2 fully saturated rings. The molecule has 1 aliphatic heterocycles. The highest BCUT2D eigenvalue weighted by Crippen LogP contribution is 2.41. The molecule has 4 heteroatoms. The minimum absolute atomic E-state index is 0.158. The zero-order valence-corrected chi connectivity index (χ0v) is 11.1. The summed E-state index contributed by atoms with van der Waals surface area (Å²) in [7, 11) is 0. The first kappa shape index (κ1) is 12.7. The number of allylic oxidation sites excluding steroid dienone is 2. The van der Waals surface area contributed by atoms with Crippen LogP contribution in [0.1, 0.15) is 32.1 Å². The molecule has 4 nitrogen and oxygen atoms in total. The second-order valence-corrected chi connectivity index (χ2v) is 6.17. The molecule has 0 radical (unpaired) electrons. The van der Waals surface area contributed by atoms with Crippen molar-refractivity contribution >= 4 is 11.9 Å². The lowest BCUT2D eigenvalue weighted by Gasteiger charge is -2.41. The molecule has 0 aromatic heterocycles. The molecule has 4 rings (SSSR count). The fraction of sp³-hybridized carbons (Fsp3) is 0.733. The van der Waals surface area contributed by atoms with Crippen molar-refractivity contribution in [2.45, 2.75) is 32.1 Å². The molecule has 1 heterocycles. The summed E-state index contributed by atoms with van der Waals surface area (Å²) in [5, 5.41) is 8.99. The van der Waals surface area contributed by atoms with Crippen LogP contribution in [0, 0.1) is 23.7 Å². The highest BCUT2D eigenvalue weighted by molar-refractivity contribution is 5.80. The van der Waals surface area contributed by atoms with Crippen molar-refractivity contribution in [1.29, 1.82) is 0 Å². The number of hydrogen-bond donors (Lipinski definition) is 1. The molecule has 0 aromatic carbocycles. The van der Waals surface area contributed by atoms with Gasteiger partial charge in [0.1, 0.15) is 0 Å². The van der Waals surface area contributed by atoms with E-state index in [0.717, 1.165) is 12.8 Å². The van der Waals surface area contributed by atoms with Crippen LogP contribution in [0.15, 0.2) is 12.2 Å². The fourth-order valence-electron chi connectivity index (χ4n) is 3.80. The summed E-state index contributed by atoms with van der Waals surface area (Å²) in [6.45, 7) is 1.24. The summed E-state index contributed by atoms with van der Waals surface area (Å²) in [4.78, 5) is 25.4. The van der Waals surface area contributed by atoms with Gasteiger partial charge in [0.15, 0.2) is 0 Å². The number of carboxylic acids is 1. The Labute approximate surface area is 113 Å². The largest absolute Gasteiger partial charge is 0.481 e. The SMILES string of the molecule is O=C(O)C1CCN(C(=O)[C@@H]2C[C@@H]3C=C[C@H]2CC3)CC1. The van der Waals surface area contributed by atoms with Crippen LogP contribution in [0.25, 0.3) is 0 Å². The van der Waals surface area contributed by atoms with Crippen LogP contribution in [-0.2, 0) is 9.59 Å². The Bertz CT molecular complexity index is 410. The Kier molecular flexibility index (Phi) is 3.33. The molecule has 1 saturated carbocycles. The number of aliphatic carboxylic acids is 1. The predicted molar refractivity (Wildman–Crippen MR) is 70.4 cm³/mol. The zero-order chi connectivity index (χ0) is 13.4. The minimum Gasteiger partial charge on any atom is -0.481 e. The van der Waals surface area contributed by atoms with Crippen LogP contribution in [-0.4, -0.2) is 35.0 Å². The van der Waals surface area contributed by atoms with Crippen LogP contribution in [0.3, 0.4) is 0 Å². The summed E-state index contributed by atoms with van der Waals surface area (Å²) in [6, 6.07) is 0. The molecule has 1 saturated heterocycles. The Morgan fingerprint density at radius 1 is 1.05 bits per heavy atom. The van der Waals surface area contributed by atoms with Gasteiger partial charge in [-0.05, 0) is 43.9 Å². The molecular formula is C15H21NO3. The molecule has 4 aliphatic rings. The monoisotopic (exact) mass is 263 g/mol. The number of carbonyl (C=O) groups is 2. The topological polar surface area (TPSA) is 57.6 Å². The lowest BCUT2D eigenvalue weighted by Crippen LogP contribution is -2.46. The van der Waals surface area contributed by atoms with E-state index >= 15 is 0 Å². The zero-order valence-electron chi connectivity index (χ0n) is 11.1. The van der Waals surface area contributed by atoms with Gasteiger partial charge >= 0.3 is 5.97 Å². The average molecular weight is 263 g/mol. The first-order valence-corrected chi connectivity index (χ1v) is 7.35. The molecule has 104 valence electrons. The van der Waals surface area contributed by atoms with E-state index in [1.54, 1.807) is 0 Å². The number of nitrogens with zero attached hydrogens (tertiary/aromatic N) is 1. The summed E-state index contributed by atoms with van der Waals surface area (Å²) in [6.07, 6.45) is 9.09. The molecule has 1 N–H and O–H groups in total. The van der Waals surface area contributed by atoms with E-state index in [1.165, 1.54) is 6.42 Å². The van der Waals surface area contributed by atoms with Gasteiger partial charge in [-0.15, -0.1) is 0 Å². The number of piperidine rings is 1. The third-order valence-corrected chi connectivity index (χ3v) is 5.05. The quantitative estimate of drug-likeness (QED) is 0.774. The summed E-state index contributed by atoms with van der Waals surface area (Å²) in [5.74, 6) is 0.469. The fourth-order valence-corrected chi connectivity index (χ4v) is 3.80. The van der Waals surface area contributed by atoms with Crippen molar-refractivity contribution in [3.05, 3.63) is 12.2 Å². The van der Waals surface area contributed by atoms with E-state index in [1.807, 2.05) is 4.90 Å². The first-order valence-electron chi connectivity index (χ1n) is 7.35. The van der Waals surface area contributed by atoms with Gasteiger partial charge in [-0.25, -0.2) is 0 Å². The van der Waals surface area contributed by atoms with Crippen LogP contribution in [0.5, 0.6) is 0 Å². The standard InChI is InChI=1S/C15H21NO3/c17-14(13-9-10-1-3-11(13)4-2-10)16-7-5-12(6-8-16)15(18)19/h1,3,10-13H,2,4-9H2,(H,18,19)/t10-,11+,13-/m1/s1. The molecule has 0 unspecified atom stereocenters. The lowest BCUT2D eigenvalue weighted by molar-refractivity contribution is -0.147. The van der Waals surface area contributed by atoms with Gasteiger partial charge in [-0.2, -0.15) is 0 Å². The smallest absolute Gasteiger partial charge is 0.306 e. The summed E-state index contributed by atoms with van der Waals surface area (Å²) >= 11 is 0. The number of fused-ring (bicyclic) bond motifs is 2. The maximum atomic E-state index is 12.6. The van der Waals surface area contributed by atoms with E-state index in [4.69, 9.17) is 5.11 Å². The second-order valence-electron chi connectivity index (χ2n) is 6.17. The van der Waals surface area contributed by atoms with E-state index < -0.39 is 5.97 Å². The molecule has 19 heavy (non-hydrogen) atoms. The number of carboxylic acid groups (broad SMARTS) is 1.